The first kappa shape index (κ1) is 18.7. The first-order valence-electron chi connectivity index (χ1n) is 8.86. The van der Waals surface area contributed by atoms with Crippen molar-refractivity contribution in [2.24, 2.45) is 13.0 Å². The van der Waals surface area contributed by atoms with E-state index in [-0.39, 0.29) is 17.6 Å². The largest absolute Gasteiger partial charge is 0.347 e. The molecule has 1 aromatic carbocycles. The van der Waals surface area contributed by atoms with Gasteiger partial charge in [-0.1, -0.05) is 30.3 Å². The van der Waals surface area contributed by atoms with Gasteiger partial charge in [-0.25, -0.2) is 13.1 Å². The molecule has 1 aliphatic rings. The molecule has 26 heavy (non-hydrogen) atoms. The highest BCUT2D eigenvalue weighted by Gasteiger charge is 2.26. The van der Waals surface area contributed by atoms with Gasteiger partial charge >= 0.3 is 0 Å². The Balaban J connectivity index is 1.55. The molecule has 1 atom stereocenters. The summed E-state index contributed by atoms with van der Waals surface area (Å²) in [4.78, 5) is 14.5. The number of piperidine rings is 1. The van der Waals surface area contributed by atoms with Crippen LogP contribution in [0.3, 0.4) is 0 Å². The van der Waals surface area contributed by atoms with Crippen molar-refractivity contribution in [2.75, 3.05) is 19.6 Å². The molecule has 1 fully saturated rings. The fraction of sp³-hybridized carbons (Fsp3) is 0.421. The maximum atomic E-state index is 12.6. The highest BCUT2D eigenvalue weighted by molar-refractivity contribution is 7.88. The van der Waals surface area contributed by atoms with Crippen molar-refractivity contribution in [2.45, 2.75) is 18.6 Å². The zero-order chi connectivity index (χ0) is 18.6. The van der Waals surface area contributed by atoms with Crippen LogP contribution in [0, 0.1) is 5.92 Å². The Morgan fingerprint density at radius 1 is 1.19 bits per heavy atom. The number of aromatic nitrogens is 1. The first-order chi connectivity index (χ1) is 12.4. The molecule has 7 heteroatoms. The Bertz CT molecular complexity index is 846. The number of nitrogens with one attached hydrogen (secondary N) is 1. The lowest BCUT2D eigenvalue weighted by atomic mass is 9.98. The second-order valence-electron chi connectivity index (χ2n) is 6.86. The highest BCUT2D eigenvalue weighted by atomic mass is 32.2. The topological polar surface area (TPSA) is 71.4 Å². The molecule has 140 valence electrons. The van der Waals surface area contributed by atoms with E-state index in [2.05, 4.69) is 4.72 Å². The van der Waals surface area contributed by atoms with E-state index in [9.17, 15) is 13.2 Å². The quantitative estimate of drug-likeness (QED) is 0.839. The monoisotopic (exact) mass is 375 g/mol. The molecule has 0 radical (unpaired) electrons. The Labute approximate surface area is 154 Å². The van der Waals surface area contributed by atoms with E-state index in [1.54, 1.807) is 12.1 Å². The molecule has 2 aromatic rings. The summed E-state index contributed by atoms with van der Waals surface area (Å²) < 4.78 is 29.1. The fourth-order valence-electron chi connectivity index (χ4n) is 3.35. The molecule has 0 spiro atoms. The Hall–Kier alpha value is -2.12. The first-order valence-corrected chi connectivity index (χ1v) is 10.5. The number of amides is 1. The van der Waals surface area contributed by atoms with Gasteiger partial charge in [0.15, 0.2) is 0 Å². The molecular weight excluding hydrogens is 350 g/mol. The SMILES string of the molecule is Cn1cccc1C(=O)N1CCCC(CNS(=O)(=O)Cc2ccccc2)C1. The third-order valence-electron chi connectivity index (χ3n) is 4.76. The molecule has 6 nitrogen and oxygen atoms in total. The highest BCUT2D eigenvalue weighted by Crippen LogP contribution is 2.19. The summed E-state index contributed by atoms with van der Waals surface area (Å²) in [5.41, 5.74) is 1.43. The summed E-state index contributed by atoms with van der Waals surface area (Å²) in [5, 5.41) is 0. The zero-order valence-corrected chi connectivity index (χ0v) is 15.8. The van der Waals surface area contributed by atoms with Crippen LogP contribution >= 0.6 is 0 Å². The Kier molecular flexibility index (Phi) is 5.78. The number of benzene rings is 1. The van der Waals surface area contributed by atoms with E-state index >= 15 is 0 Å². The third-order valence-corrected chi connectivity index (χ3v) is 6.08. The van der Waals surface area contributed by atoms with Crippen LogP contribution in [0.15, 0.2) is 48.7 Å². The van der Waals surface area contributed by atoms with Crippen LogP contribution in [0.5, 0.6) is 0 Å². The minimum atomic E-state index is -3.38. The van der Waals surface area contributed by atoms with Crippen molar-refractivity contribution in [3.8, 4) is 0 Å². The van der Waals surface area contributed by atoms with Gasteiger partial charge in [0.2, 0.25) is 10.0 Å². The molecule has 0 aliphatic carbocycles. The summed E-state index contributed by atoms with van der Waals surface area (Å²) in [6.45, 7) is 1.67. The number of nitrogens with zero attached hydrogens (tertiary/aromatic N) is 2. The van der Waals surface area contributed by atoms with Gasteiger partial charge in [-0.05, 0) is 36.5 Å². The van der Waals surface area contributed by atoms with Crippen molar-refractivity contribution in [3.05, 3.63) is 59.9 Å². The number of likely N-dealkylation sites (tertiary alicyclic amines) is 1. The van der Waals surface area contributed by atoms with Crippen molar-refractivity contribution in [3.63, 3.8) is 0 Å². The summed E-state index contributed by atoms with van der Waals surface area (Å²) >= 11 is 0. The molecule has 1 aromatic heterocycles. The smallest absolute Gasteiger partial charge is 0.270 e. The zero-order valence-electron chi connectivity index (χ0n) is 15.0. The van der Waals surface area contributed by atoms with Crippen molar-refractivity contribution >= 4 is 15.9 Å². The Morgan fingerprint density at radius 3 is 2.65 bits per heavy atom. The molecule has 0 saturated carbocycles. The number of rotatable bonds is 6. The molecule has 2 heterocycles. The van der Waals surface area contributed by atoms with E-state index in [1.165, 1.54) is 0 Å². The predicted molar refractivity (Wildman–Crippen MR) is 101 cm³/mol. The fourth-order valence-corrected chi connectivity index (χ4v) is 4.57. The second-order valence-corrected chi connectivity index (χ2v) is 8.66. The average molecular weight is 375 g/mol. The van der Waals surface area contributed by atoms with E-state index in [0.29, 0.717) is 18.8 Å². The normalized spacial score (nSPS) is 18.0. The van der Waals surface area contributed by atoms with Crippen LogP contribution in [0.2, 0.25) is 0 Å². The minimum absolute atomic E-state index is 0.00865. The van der Waals surface area contributed by atoms with Crippen molar-refractivity contribution in [1.29, 1.82) is 0 Å². The van der Waals surface area contributed by atoms with Crippen molar-refractivity contribution in [1.82, 2.24) is 14.2 Å². The van der Waals surface area contributed by atoms with Crippen molar-refractivity contribution < 1.29 is 13.2 Å². The van der Waals surface area contributed by atoms with Crippen LogP contribution < -0.4 is 4.72 Å². The number of hydrogen-bond acceptors (Lipinski definition) is 3. The van der Waals surface area contributed by atoms with E-state index in [1.807, 2.05) is 53.0 Å². The lowest BCUT2D eigenvalue weighted by molar-refractivity contribution is 0.0666. The molecule has 0 bridgehead atoms. The second kappa shape index (κ2) is 8.05. The van der Waals surface area contributed by atoms with Crippen LogP contribution in [0.1, 0.15) is 28.9 Å². The van der Waals surface area contributed by atoms with Gasteiger partial charge in [-0.2, -0.15) is 0 Å². The number of sulfonamides is 1. The molecule has 3 rings (SSSR count). The summed E-state index contributed by atoms with van der Waals surface area (Å²) in [6, 6.07) is 12.8. The molecular formula is C19H25N3O3S. The van der Waals surface area contributed by atoms with Gasteiger partial charge in [0.25, 0.3) is 5.91 Å². The predicted octanol–water partition coefficient (Wildman–Crippen LogP) is 2.00. The maximum absolute atomic E-state index is 12.6. The van der Waals surface area contributed by atoms with Gasteiger partial charge in [0.05, 0.1) is 5.75 Å². The van der Waals surface area contributed by atoms with E-state index < -0.39 is 10.0 Å². The maximum Gasteiger partial charge on any atom is 0.270 e. The number of carbonyl (C=O) groups excluding carboxylic acids is 1. The molecule has 1 amide bonds. The molecule has 1 unspecified atom stereocenters. The standard InChI is InChI=1S/C19H25N3O3S/c1-21-11-6-10-18(21)19(23)22-12-5-9-17(14-22)13-20-26(24,25)15-16-7-3-2-4-8-16/h2-4,6-8,10-11,17,20H,5,9,12-15H2,1H3. The summed E-state index contributed by atoms with van der Waals surface area (Å²) in [7, 11) is -1.53. The summed E-state index contributed by atoms with van der Waals surface area (Å²) in [6.07, 6.45) is 3.67. The van der Waals surface area contributed by atoms with Gasteiger partial charge < -0.3 is 9.47 Å². The van der Waals surface area contributed by atoms with Crippen LogP contribution in [0.4, 0.5) is 0 Å². The van der Waals surface area contributed by atoms with E-state index in [4.69, 9.17) is 0 Å². The van der Waals surface area contributed by atoms with Gasteiger partial charge in [-0.3, -0.25) is 4.79 Å². The molecule has 1 N–H and O–H groups in total. The van der Waals surface area contributed by atoms with Gasteiger partial charge in [0.1, 0.15) is 5.69 Å². The third kappa shape index (κ3) is 4.74. The number of carbonyl (C=O) groups is 1. The minimum Gasteiger partial charge on any atom is -0.347 e. The molecule has 1 saturated heterocycles. The van der Waals surface area contributed by atoms with Gasteiger partial charge in [0, 0.05) is 32.9 Å². The number of hydrogen-bond donors (Lipinski definition) is 1. The van der Waals surface area contributed by atoms with Gasteiger partial charge in [-0.15, -0.1) is 0 Å². The van der Waals surface area contributed by atoms with Crippen LogP contribution in [0.25, 0.3) is 0 Å². The Morgan fingerprint density at radius 2 is 1.96 bits per heavy atom. The lowest BCUT2D eigenvalue weighted by Gasteiger charge is -2.33. The molecule has 1 aliphatic heterocycles. The van der Waals surface area contributed by atoms with E-state index in [0.717, 1.165) is 24.9 Å². The average Bonchev–Trinajstić information content (AvgIpc) is 3.06. The summed E-state index contributed by atoms with van der Waals surface area (Å²) in [5.74, 6) is 0.125. The van der Waals surface area contributed by atoms with Crippen LogP contribution in [-0.2, 0) is 22.8 Å². The number of aryl methyl sites for hydroxylation is 1. The lowest BCUT2D eigenvalue weighted by Crippen LogP contribution is -2.44. The van der Waals surface area contributed by atoms with Crippen LogP contribution in [-0.4, -0.2) is 43.4 Å².